The first-order chi connectivity index (χ1) is 5.29. The second-order valence-corrected chi connectivity index (χ2v) is 2.16. The predicted molar refractivity (Wildman–Crippen MR) is 44.8 cm³/mol. The number of H-pyrrole nitrogens is 1. The third kappa shape index (κ3) is 1.40. The Bertz CT molecular complexity index is 359. The van der Waals surface area contributed by atoms with E-state index in [2.05, 4.69) is 11.6 Å². The van der Waals surface area contributed by atoms with Crippen LogP contribution in [0.25, 0.3) is 12.2 Å². The number of hydrogen-bond acceptors (Lipinski definition) is 0. The zero-order valence-electron chi connectivity index (χ0n) is 6.39. The van der Waals surface area contributed by atoms with Crippen LogP contribution in [0.2, 0.25) is 0 Å². The van der Waals surface area contributed by atoms with E-state index in [1.165, 1.54) is 6.20 Å². The van der Waals surface area contributed by atoms with Crippen LogP contribution in [-0.4, -0.2) is 4.98 Å². The lowest BCUT2D eigenvalue weighted by atomic mass is 10.3. The summed E-state index contributed by atoms with van der Waals surface area (Å²) < 4.78 is 12.8. The Kier molecular flexibility index (Phi) is 2.26. The van der Waals surface area contributed by atoms with E-state index in [0.29, 0.717) is 5.22 Å². The van der Waals surface area contributed by atoms with Gasteiger partial charge in [0.1, 0.15) is 5.82 Å². The van der Waals surface area contributed by atoms with Crippen molar-refractivity contribution in [2.75, 3.05) is 0 Å². The van der Waals surface area contributed by atoms with Crippen LogP contribution < -0.4 is 10.6 Å². The van der Waals surface area contributed by atoms with Gasteiger partial charge in [-0.15, -0.1) is 0 Å². The van der Waals surface area contributed by atoms with Crippen LogP contribution in [0, 0.1) is 5.82 Å². The summed E-state index contributed by atoms with van der Waals surface area (Å²) in [5, 5.41) is 1.37. The second-order valence-electron chi connectivity index (χ2n) is 2.16. The first-order valence-corrected chi connectivity index (χ1v) is 3.41. The fourth-order valence-electron chi connectivity index (χ4n) is 0.974. The van der Waals surface area contributed by atoms with Crippen molar-refractivity contribution in [1.82, 2.24) is 4.98 Å². The zero-order valence-corrected chi connectivity index (χ0v) is 6.39. The van der Waals surface area contributed by atoms with Crippen molar-refractivity contribution < 1.29 is 4.39 Å². The largest absolute Gasteiger partial charge is 0.359 e. The molecule has 1 rings (SSSR count). The second kappa shape index (κ2) is 3.19. The minimum Gasteiger partial charge on any atom is -0.359 e. The number of aromatic nitrogens is 1. The van der Waals surface area contributed by atoms with Crippen LogP contribution in [0.4, 0.5) is 4.39 Å². The fraction of sp³-hybridized carbons (Fsp3) is 0.111. The van der Waals surface area contributed by atoms with Gasteiger partial charge in [-0.25, -0.2) is 4.39 Å². The number of allylic oxidation sites excluding steroid dienone is 1. The van der Waals surface area contributed by atoms with E-state index < -0.39 is 0 Å². The molecule has 0 saturated heterocycles. The summed E-state index contributed by atoms with van der Waals surface area (Å²) in [6.45, 7) is 5.33. The Labute approximate surface area is 64.6 Å². The molecule has 0 saturated carbocycles. The van der Waals surface area contributed by atoms with Crippen LogP contribution in [0.15, 0.2) is 18.9 Å². The van der Waals surface area contributed by atoms with Crippen molar-refractivity contribution in [2.24, 2.45) is 0 Å². The first-order valence-electron chi connectivity index (χ1n) is 3.41. The molecule has 0 aliphatic carbocycles. The Morgan fingerprint density at radius 1 is 1.64 bits per heavy atom. The van der Waals surface area contributed by atoms with E-state index in [-0.39, 0.29) is 5.82 Å². The highest BCUT2D eigenvalue weighted by atomic mass is 19.1. The highest BCUT2D eigenvalue weighted by molar-refractivity contribution is 5.35. The number of halogens is 1. The lowest BCUT2D eigenvalue weighted by Gasteiger charge is -1.76. The van der Waals surface area contributed by atoms with Gasteiger partial charge in [-0.3, -0.25) is 0 Å². The maximum Gasteiger partial charge on any atom is 0.148 e. The number of nitrogens with one attached hydrogen (secondary N) is 1. The van der Waals surface area contributed by atoms with Gasteiger partial charge in [-0.05, 0) is 13.0 Å². The van der Waals surface area contributed by atoms with Crippen molar-refractivity contribution in [2.45, 2.75) is 6.92 Å². The summed E-state index contributed by atoms with van der Waals surface area (Å²) in [4.78, 5) is 2.79. The lowest BCUT2D eigenvalue weighted by molar-refractivity contribution is 0.621. The van der Waals surface area contributed by atoms with Crippen LogP contribution in [0.3, 0.4) is 0 Å². The van der Waals surface area contributed by atoms with Gasteiger partial charge in [0.05, 0.1) is 0 Å². The average molecular weight is 151 g/mol. The third-order valence-electron chi connectivity index (χ3n) is 1.48. The topological polar surface area (TPSA) is 15.8 Å². The van der Waals surface area contributed by atoms with E-state index in [9.17, 15) is 4.39 Å². The SMILES string of the molecule is C=C/C=c1/[nH]cc(F)/c1=C/C. The molecule has 0 aliphatic heterocycles. The maximum atomic E-state index is 12.8. The molecule has 11 heavy (non-hydrogen) atoms. The van der Waals surface area contributed by atoms with Gasteiger partial charge in [0.2, 0.25) is 0 Å². The van der Waals surface area contributed by atoms with Crippen molar-refractivity contribution in [1.29, 1.82) is 0 Å². The summed E-state index contributed by atoms with van der Waals surface area (Å²) in [6.07, 6.45) is 6.42. The summed E-state index contributed by atoms with van der Waals surface area (Å²) in [7, 11) is 0. The minimum atomic E-state index is -0.222. The van der Waals surface area contributed by atoms with Crippen molar-refractivity contribution in [3.63, 3.8) is 0 Å². The number of aromatic amines is 1. The predicted octanol–water partition coefficient (Wildman–Crippen LogP) is 0.921. The highest BCUT2D eigenvalue weighted by Crippen LogP contribution is 1.79. The highest BCUT2D eigenvalue weighted by Gasteiger charge is 1.93. The Morgan fingerprint density at radius 3 is 2.91 bits per heavy atom. The smallest absolute Gasteiger partial charge is 0.148 e. The van der Waals surface area contributed by atoms with E-state index in [0.717, 1.165) is 5.35 Å². The molecule has 1 aromatic heterocycles. The molecular weight excluding hydrogens is 141 g/mol. The van der Waals surface area contributed by atoms with Gasteiger partial charge in [-0.2, -0.15) is 0 Å². The van der Waals surface area contributed by atoms with Crippen molar-refractivity contribution in [3.05, 3.63) is 35.2 Å². The summed E-state index contributed by atoms with van der Waals surface area (Å²) in [5.41, 5.74) is 0. The van der Waals surface area contributed by atoms with E-state index in [1.807, 2.05) is 0 Å². The normalized spacial score (nSPS) is 14.0. The van der Waals surface area contributed by atoms with Crippen molar-refractivity contribution in [3.8, 4) is 0 Å². The average Bonchev–Trinajstić information content (AvgIpc) is 2.33. The molecule has 1 nitrogen and oxygen atoms in total. The van der Waals surface area contributed by atoms with Gasteiger partial charge < -0.3 is 4.98 Å². The van der Waals surface area contributed by atoms with Crippen LogP contribution >= 0.6 is 0 Å². The third-order valence-corrected chi connectivity index (χ3v) is 1.48. The van der Waals surface area contributed by atoms with Gasteiger partial charge in [0.15, 0.2) is 0 Å². The molecule has 0 unspecified atom stereocenters. The molecule has 0 radical (unpaired) electrons. The van der Waals surface area contributed by atoms with Gasteiger partial charge >= 0.3 is 0 Å². The van der Waals surface area contributed by atoms with Crippen LogP contribution in [0.5, 0.6) is 0 Å². The molecule has 0 spiro atoms. The zero-order chi connectivity index (χ0) is 8.27. The fourth-order valence-corrected chi connectivity index (χ4v) is 0.974. The standard InChI is InChI=1S/C9H10FN/c1-3-5-9-7(4-2)8(10)6-11-9/h3-6,11H,1H2,2H3/b7-4-,9-5+. The molecular formula is C9H10FN. The van der Waals surface area contributed by atoms with Crippen molar-refractivity contribution >= 4 is 12.2 Å². The summed E-state index contributed by atoms with van der Waals surface area (Å²) in [6, 6.07) is 0. The van der Waals surface area contributed by atoms with Gasteiger partial charge in [-0.1, -0.05) is 18.7 Å². The Balaban J connectivity index is 3.52. The summed E-state index contributed by atoms with van der Waals surface area (Å²) in [5.74, 6) is -0.222. The van der Waals surface area contributed by atoms with Gasteiger partial charge in [0.25, 0.3) is 0 Å². The minimum absolute atomic E-state index is 0.222. The number of hydrogen-bond donors (Lipinski definition) is 1. The molecule has 58 valence electrons. The molecule has 1 aromatic rings. The Hall–Kier alpha value is -1.31. The van der Waals surface area contributed by atoms with Gasteiger partial charge in [0, 0.05) is 16.8 Å². The molecule has 1 heterocycles. The molecule has 0 aliphatic rings. The van der Waals surface area contributed by atoms with Crippen LogP contribution in [0.1, 0.15) is 6.92 Å². The molecule has 1 N–H and O–H groups in total. The molecule has 0 aromatic carbocycles. The quantitative estimate of drug-likeness (QED) is 0.614. The molecule has 0 amide bonds. The van der Waals surface area contributed by atoms with E-state index in [1.54, 1.807) is 25.2 Å². The Morgan fingerprint density at radius 2 is 2.36 bits per heavy atom. The lowest BCUT2D eigenvalue weighted by Crippen LogP contribution is -2.23. The first kappa shape index (κ1) is 7.79. The van der Waals surface area contributed by atoms with E-state index >= 15 is 0 Å². The summed E-state index contributed by atoms with van der Waals surface area (Å²) >= 11 is 0. The van der Waals surface area contributed by atoms with Crippen LogP contribution in [-0.2, 0) is 0 Å². The maximum absolute atomic E-state index is 12.8. The molecule has 0 fully saturated rings. The van der Waals surface area contributed by atoms with E-state index in [4.69, 9.17) is 0 Å². The molecule has 0 atom stereocenters. The monoisotopic (exact) mass is 151 g/mol. The number of rotatable bonds is 1. The molecule has 2 heteroatoms. The molecule has 0 bridgehead atoms.